The van der Waals surface area contributed by atoms with Crippen molar-refractivity contribution in [3.63, 3.8) is 0 Å². The van der Waals surface area contributed by atoms with Crippen LogP contribution < -0.4 is 0 Å². The molecule has 0 radical (unpaired) electrons. The van der Waals surface area contributed by atoms with Gasteiger partial charge < -0.3 is 4.90 Å². The summed E-state index contributed by atoms with van der Waals surface area (Å²) in [6.07, 6.45) is 1.98. The van der Waals surface area contributed by atoms with Crippen LogP contribution in [0.2, 0.25) is 0 Å². The number of carbonyl (C=O) groups is 1. The summed E-state index contributed by atoms with van der Waals surface area (Å²) in [6, 6.07) is 12.4. The lowest BCUT2D eigenvalue weighted by Gasteiger charge is -2.15. The van der Waals surface area contributed by atoms with Gasteiger partial charge in [0.05, 0.1) is 10.5 Å². The lowest BCUT2D eigenvalue weighted by molar-refractivity contribution is -0.123. The van der Waals surface area contributed by atoms with E-state index in [1.807, 2.05) is 6.92 Å². The van der Waals surface area contributed by atoms with Gasteiger partial charge in [-0.15, -0.1) is 0 Å². The zero-order valence-electron chi connectivity index (χ0n) is 14.7. The maximum Gasteiger partial charge on any atom is 0.255 e. The first kappa shape index (κ1) is 18.3. The molecular formula is C20H20FNO3S. The Kier molecular flexibility index (Phi) is 4.96. The van der Waals surface area contributed by atoms with Gasteiger partial charge in [0, 0.05) is 19.3 Å². The average Bonchev–Trinajstić information content (AvgIpc) is 2.92. The topological polar surface area (TPSA) is 54.5 Å². The highest BCUT2D eigenvalue weighted by molar-refractivity contribution is 7.90. The molecule has 0 atom stereocenters. The van der Waals surface area contributed by atoms with Gasteiger partial charge in [-0.3, -0.25) is 4.79 Å². The fraction of sp³-hybridized carbons (Fsp3) is 0.250. The van der Waals surface area contributed by atoms with Crippen molar-refractivity contribution >= 4 is 26.9 Å². The third kappa shape index (κ3) is 3.55. The first-order valence-corrected chi connectivity index (χ1v) is 10.3. The number of carbonyl (C=O) groups excluding carboxylic acids is 1. The molecule has 2 aromatic rings. The van der Waals surface area contributed by atoms with Crippen molar-refractivity contribution in [2.45, 2.75) is 18.2 Å². The fourth-order valence-corrected chi connectivity index (χ4v) is 3.76. The maximum absolute atomic E-state index is 13.3. The van der Waals surface area contributed by atoms with Gasteiger partial charge in [0.1, 0.15) is 5.82 Å². The lowest BCUT2D eigenvalue weighted by atomic mass is 9.97. The van der Waals surface area contributed by atoms with Crippen LogP contribution in [0.5, 0.6) is 0 Å². The molecule has 26 heavy (non-hydrogen) atoms. The molecule has 3 rings (SSSR count). The Balaban J connectivity index is 2.09. The van der Waals surface area contributed by atoms with E-state index in [2.05, 4.69) is 0 Å². The van der Waals surface area contributed by atoms with Crippen molar-refractivity contribution in [1.82, 2.24) is 4.90 Å². The van der Waals surface area contributed by atoms with Crippen LogP contribution in [0.3, 0.4) is 0 Å². The van der Waals surface area contributed by atoms with Crippen LogP contribution in [-0.2, 0) is 14.6 Å². The van der Waals surface area contributed by atoms with Crippen molar-refractivity contribution in [3.05, 3.63) is 65.5 Å². The molecule has 4 nitrogen and oxygen atoms in total. The summed E-state index contributed by atoms with van der Waals surface area (Å²) in [4.78, 5) is 14.9. The largest absolute Gasteiger partial charge is 0.334 e. The van der Waals surface area contributed by atoms with Gasteiger partial charge in [-0.05, 0) is 47.4 Å². The minimum absolute atomic E-state index is 0.0849. The molecule has 1 heterocycles. The number of amides is 1. The van der Waals surface area contributed by atoms with Gasteiger partial charge in [0.2, 0.25) is 0 Å². The minimum atomic E-state index is -3.30. The van der Waals surface area contributed by atoms with Gasteiger partial charge in [0.25, 0.3) is 5.91 Å². The summed E-state index contributed by atoms with van der Waals surface area (Å²) in [5.41, 5.74) is 2.83. The normalized spacial score (nSPS) is 15.0. The molecular weight excluding hydrogens is 353 g/mol. The van der Waals surface area contributed by atoms with Gasteiger partial charge in [-0.25, -0.2) is 12.8 Å². The molecule has 0 spiro atoms. The SMILES string of the molecule is CCCN1CC(c2ccc(F)cc2)=C(c2ccc(S(C)(=O)=O)cc2)C1=O. The molecule has 136 valence electrons. The van der Waals surface area contributed by atoms with E-state index in [1.54, 1.807) is 29.2 Å². The minimum Gasteiger partial charge on any atom is -0.334 e. The van der Waals surface area contributed by atoms with Crippen LogP contribution in [0.4, 0.5) is 4.39 Å². The Labute approximate surface area is 152 Å². The quantitative estimate of drug-likeness (QED) is 0.807. The first-order chi connectivity index (χ1) is 12.3. The zero-order chi connectivity index (χ0) is 18.9. The Morgan fingerprint density at radius 3 is 2.12 bits per heavy atom. The molecule has 0 saturated heterocycles. The van der Waals surface area contributed by atoms with Gasteiger partial charge in [-0.2, -0.15) is 0 Å². The highest BCUT2D eigenvalue weighted by Crippen LogP contribution is 2.35. The second-order valence-electron chi connectivity index (χ2n) is 6.38. The van der Waals surface area contributed by atoms with E-state index in [9.17, 15) is 17.6 Å². The Hall–Kier alpha value is -2.47. The molecule has 6 heteroatoms. The summed E-state index contributed by atoms with van der Waals surface area (Å²) in [7, 11) is -3.30. The molecule has 0 fully saturated rings. The molecule has 0 N–H and O–H groups in total. The van der Waals surface area contributed by atoms with Gasteiger partial charge >= 0.3 is 0 Å². The summed E-state index contributed by atoms with van der Waals surface area (Å²) < 4.78 is 36.6. The predicted molar refractivity (Wildman–Crippen MR) is 99.6 cm³/mol. The molecule has 0 aliphatic carbocycles. The number of sulfone groups is 1. The molecule has 1 aliphatic heterocycles. The van der Waals surface area contributed by atoms with Crippen LogP contribution in [0.25, 0.3) is 11.1 Å². The van der Waals surface area contributed by atoms with E-state index in [1.165, 1.54) is 24.3 Å². The maximum atomic E-state index is 13.3. The molecule has 2 aromatic carbocycles. The molecule has 0 unspecified atom stereocenters. The van der Waals surface area contributed by atoms with E-state index in [-0.39, 0.29) is 16.6 Å². The summed E-state index contributed by atoms with van der Waals surface area (Å²) >= 11 is 0. The third-order valence-corrected chi connectivity index (χ3v) is 5.54. The highest BCUT2D eigenvalue weighted by Gasteiger charge is 2.31. The fourth-order valence-electron chi connectivity index (χ4n) is 3.13. The summed E-state index contributed by atoms with van der Waals surface area (Å²) in [5.74, 6) is -0.415. The second kappa shape index (κ2) is 7.03. The second-order valence-corrected chi connectivity index (χ2v) is 8.40. The summed E-state index contributed by atoms with van der Waals surface area (Å²) in [5, 5.41) is 0. The van der Waals surface area contributed by atoms with Gasteiger partial charge in [-0.1, -0.05) is 31.2 Å². The van der Waals surface area contributed by atoms with E-state index in [4.69, 9.17) is 0 Å². The Morgan fingerprint density at radius 2 is 1.58 bits per heavy atom. The number of benzene rings is 2. The molecule has 0 aromatic heterocycles. The van der Waals surface area contributed by atoms with Crippen molar-refractivity contribution in [3.8, 4) is 0 Å². The number of hydrogen-bond donors (Lipinski definition) is 0. The van der Waals surface area contributed by atoms with Crippen molar-refractivity contribution < 1.29 is 17.6 Å². The number of rotatable bonds is 5. The number of hydrogen-bond acceptors (Lipinski definition) is 3. The molecule has 0 saturated carbocycles. The average molecular weight is 373 g/mol. The molecule has 1 aliphatic rings. The van der Waals surface area contributed by atoms with Crippen LogP contribution >= 0.6 is 0 Å². The third-order valence-electron chi connectivity index (χ3n) is 4.41. The number of nitrogens with zero attached hydrogens (tertiary/aromatic N) is 1. The van der Waals surface area contributed by atoms with Crippen LogP contribution in [0.1, 0.15) is 24.5 Å². The monoisotopic (exact) mass is 373 g/mol. The van der Waals surface area contributed by atoms with Crippen LogP contribution in [0, 0.1) is 5.82 Å². The van der Waals surface area contributed by atoms with E-state index in [0.29, 0.717) is 24.2 Å². The predicted octanol–water partition coefficient (Wildman–Crippen LogP) is 3.39. The first-order valence-electron chi connectivity index (χ1n) is 8.40. The number of halogens is 1. The molecule has 0 bridgehead atoms. The molecule has 1 amide bonds. The summed E-state index contributed by atoms with van der Waals surface area (Å²) in [6.45, 7) is 3.10. The Bertz CT molecular complexity index is 961. The Morgan fingerprint density at radius 1 is 1.00 bits per heavy atom. The highest BCUT2D eigenvalue weighted by atomic mass is 32.2. The van der Waals surface area contributed by atoms with E-state index < -0.39 is 9.84 Å². The smallest absolute Gasteiger partial charge is 0.255 e. The zero-order valence-corrected chi connectivity index (χ0v) is 15.5. The van der Waals surface area contributed by atoms with Crippen LogP contribution in [0.15, 0.2) is 53.4 Å². The van der Waals surface area contributed by atoms with Crippen molar-refractivity contribution in [2.24, 2.45) is 0 Å². The van der Waals surface area contributed by atoms with Gasteiger partial charge in [0.15, 0.2) is 9.84 Å². The van der Waals surface area contributed by atoms with Crippen LogP contribution in [-0.4, -0.2) is 38.6 Å². The van der Waals surface area contributed by atoms with Crippen molar-refractivity contribution in [2.75, 3.05) is 19.3 Å². The standard InChI is InChI=1S/C20H20FNO3S/c1-3-12-22-13-18(14-4-8-16(21)9-5-14)19(20(22)23)15-6-10-17(11-7-15)26(2,24)25/h4-11H,3,12-13H2,1-2H3. The van der Waals surface area contributed by atoms with Crippen molar-refractivity contribution in [1.29, 1.82) is 0 Å². The van der Waals surface area contributed by atoms with E-state index >= 15 is 0 Å². The lowest BCUT2D eigenvalue weighted by Crippen LogP contribution is -2.27. The van der Waals surface area contributed by atoms with E-state index in [0.717, 1.165) is 23.8 Å².